The number of nitrogens with one attached hydrogen (secondary N) is 1. The summed E-state index contributed by atoms with van der Waals surface area (Å²) in [6, 6.07) is 15.8. The van der Waals surface area contributed by atoms with Crippen molar-refractivity contribution in [1.29, 1.82) is 0 Å². The molecule has 4 atom stereocenters. The maximum Gasteiger partial charge on any atom is 0.307 e. The number of amides is 1. The number of hydrogen-bond donors (Lipinski definition) is 2. The van der Waals surface area contributed by atoms with Crippen LogP contribution in [0.2, 0.25) is 0 Å². The normalized spacial score (nSPS) is 25.9. The summed E-state index contributed by atoms with van der Waals surface area (Å²) in [5.74, 6) is -2.30. The van der Waals surface area contributed by atoms with Crippen molar-refractivity contribution in [2.24, 2.45) is 23.7 Å². The standard InChI is InChI=1S/C22H21NO4/c24-20(13-6-2-1-3-7-13)16-8-4-5-9-17(16)23-21(25)18-14-10-11-15(12-14)19(18)22(26)27/h1-9,14-15,18-19H,10-12H2,(H,23,25)(H,26,27)/t14-,15+,18-,19+/m1/s1. The molecule has 2 fully saturated rings. The molecule has 2 bridgehead atoms. The van der Waals surface area contributed by atoms with Gasteiger partial charge in [0.05, 0.1) is 17.5 Å². The molecule has 2 N–H and O–H groups in total. The Morgan fingerprint density at radius 2 is 1.48 bits per heavy atom. The highest BCUT2D eigenvalue weighted by molar-refractivity contribution is 6.14. The first-order valence-corrected chi connectivity index (χ1v) is 9.28. The van der Waals surface area contributed by atoms with E-state index in [1.807, 2.05) is 6.07 Å². The second kappa shape index (κ2) is 6.99. The SMILES string of the molecule is O=C(c1ccccc1)c1ccccc1NC(=O)[C@@H]1[C@@H]2CC[C@@H](C2)[C@@H]1C(=O)O. The molecule has 0 saturated heterocycles. The van der Waals surface area contributed by atoms with Crippen LogP contribution in [0.5, 0.6) is 0 Å². The van der Waals surface area contributed by atoms with Crippen molar-refractivity contribution >= 4 is 23.3 Å². The molecule has 27 heavy (non-hydrogen) atoms. The third kappa shape index (κ3) is 3.14. The Morgan fingerprint density at radius 1 is 0.852 bits per heavy atom. The molecule has 2 aliphatic rings. The fourth-order valence-corrected chi connectivity index (χ4v) is 4.78. The Hall–Kier alpha value is -2.95. The molecule has 2 aromatic rings. The van der Waals surface area contributed by atoms with Gasteiger partial charge in [-0.25, -0.2) is 0 Å². The van der Waals surface area contributed by atoms with Gasteiger partial charge in [0.25, 0.3) is 0 Å². The lowest BCUT2D eigenvalue weighted by molar-refractivity contribution is -0.148. The summed E-state index contributed by atoms with van der Waals surface area (Å²) in [6.45, 7) is 0. The van der Waals surface area contributed by atoms with E-state index in [1.165, 1.54) is 0 Å². The Labute approximate surface area is 157 Å². The second-order valence-electron chi connectivity index (χ2n) is 7.45. The monoisotopic (exact) mass is 363 g/mol. The molecule has 0 radical (unpaired) electrons. The molecule has 0 unspecified atom stereocenters. The minimum atomic E-state index is -0.893. The van der Waals surface area contributed by atoms with Crippen LogP contribution in [0, 0.1) is 23.7 Å². The maximum absolute atomic E-state index is 12.9. The summed E-state index contributed by atoms with van der Waals surface area (Å²) in [7, 11) is 0. The van der Waals surface area contributed by atoms with Crippen LogP contribution >= 0.6 is 0 Å². The molecule has 2 aliphatic carbocycles. The highest BCUT2D eigenvalue weighted by atomic mass is 16.4. The van der Waals surface area contributed by atoms with E-state index in [0.717, 1.165) is 19.3 Å². The topological polar surface area (TPSA) is 83.5 Å². The summed E-state index contributed by atoms with van der Waals surface area (Å²) in [6.07, 6.45) is 2.59. The fraction of sp³-hybridized carbons (Fsp3) is 0.318. The molecule has 2 aromatic carbocycles. The van der Waals surface area contributed by atoms with Crippen molar-refractivity contribution in [2.45, 2.75) is 19.3 Å². The summed E-state index contributed by atoms with van der Waals surface area (Å²) >= 11 is 0. The van der Waals surface area contributed by atoms with E-state index in [2.05, 4.69) is 5.32 Å². The summed E-state index contributed by atoms with van der Waals surface area (Å²) in [5.41, 5.74) is 1.39. The average molecular weight is 363 g/mol. The highest BCUT2D eigenvalue weighted by Gasteiger charge is 2.54. The number of ketones is 1. The maximum atomic E-state index is 12.9. The smallest absolute Gasteiger partial charge is 0.307 e. The number of rotatable bonds is 5. The van der Waals surface area contributed by atoms with Gasteiger partial charge in [0.2, 0.25) is 5.91 Å². The quantitative estimate of drug-likeness (QED) is 0.795. The van der Waals surface area contributed by atoms with Crippen LogP contribution in [0.4, 0.5) is 5.69 Å². The molecule has 0 aromatic heterocycles. The molecule has 0 spiro atoms. The van der Waals surface area contributed by atoms with Crippen molar-refractivity contribution in [3.8, 4) is 0 Å². The van der Waals surface area contributed by atoms with Crippen molar-refractivity contribution in [2.75, 3.05) is 5.32 Å². The molecule has 0 aliphatic heterocycles. The van der Waals surface area contributed by atoms with Crippen LogP contribution in [-0.2, 0) is 9.59 Å². The summed E-state index contributed by atoms with van der Waals surface area (Å²) < 4.78 is 0. The van der Waals surface area contributed by atoms with Crippen molar-refractivity contribution < 1.29 is 19.5 Å². The zero-order chi connectivity index (χ0) is 19.0. The summed E-state index contributed by atoms with van der Waals surface area (Å²) in [5, 5.41) is 12.4. The van der Waals surface area contributed by atoms with Gasteiger partial charge in [-0.05, 0) is 43.2 Å². The number of carbonyl (C=O) groups is 3. The summed E-state index contributed by atoms with van der Waals surface area (Å²) in [4.78, 5) is 37.5. The lowest BCUT2D eigenvalue weighted by Gasteiger charge is -2.27. The van der Waals surface area contributed by atoms with Crippen molar-refractivity contribution in [3.63, 3.8) is 0 Å². The van der Waals surface area contributed by atoms with Gasteiger partial charge in [0, 0.05) is 11.1 Å². The van der Waals surface area contributed by atoms with Crippen LogP contribution in [0.25, 0.3) is 0 Å². The van der Waals surface area contributed by atoms with E-state index in [1.54, 1.807) is 48.5 Å². The first-order chi connectivity index (χ1) is 13.1. The number of para-hydroxylation sites is 1. The minimum absolute atomic E-state index is 0.0874. The largest absolute Gasteiger partial charge is 0.481 e. The second-order valence-corrected chi connectivity index (χ2v) is 7.45. The number of carboxylic acids is 1. The van der Waals surface area contributed by atoms with E-state index in [-0.39, 0.29) is 23.5 Å². The van der Waals surface area contributed by atoms with E-state index in [0.29, 0.717) is 16.8 Å². The fourth-order valence-electron chi connectivity index (χ4n) is 4.78. The average Bonchev–Trinajstić information content (AvgIpc) is 3.30. The lowest BCUT2D eigenvalue weighted by Crippen LogP contribution is -2.38. The molecule has 4 rings (SSSR count). The molecule has 2 saturated carbocycles. The van der Waals surface area contributed by atoms with Crippen LogP contribution < -0.4 is 5.32 Å². The number of carboxylic acid groups (broad SMARTS) is 1. The first kappa shape index (κ1) is 17.5. The molecular weight excluding hydrogens is 342 g/mol. The minimum Gasteiger partial charge on any atom is -0.481 e. The molecule has 1 amide bonds. The molecular formula is C22H21NO4. The molecule has 138 valence electrons. The van der Waals surface area contributed by atoms with Gasteiger partial charge in [-0.15, -0.1) is 0 Å². The molecule has 5 heteroatoms. The van der Waals surface area contributed by atoms with Crippen molar-refractivity contribution in [3.05, 3.63) is 65.7 Å². The highest BCUT2D eigenvalue weighted by Crippen LogP contribution is 2.52. The van der Waals surface area contributed by atoms with E-state index in [9.17, 15) is 19.5 Å². The molecule has 0 heterocycles. The Kier molecular flexibility index (Phi) is 4.52. The van der Waals surface area contributed by atoms with Gasteiger partial charge in [-0.2, -0.15) is 0 Å². The van der Waals surface area contributed by atoms with Crippen LogP contribution in [0.3, 0.4) is 0 Å². The Balaban J connectivity index is 1.59. The van der Waals surface area contributed by atoms with Gasteiger partial charge in [0.15, 0.2) is 5.78 Å². The van der Waals surface area contributed by atoms with Gasteiger partial charge in [-0.3, -0.25) is 14.4 Å². The van der Waals surface area contributed by atoms with Gasteiger partial charge >= 0.3 is 5.97 Å². The van der Waals surface area contributed by atoms with E-state index in [4.69, 9.17) is 0 Å². The van der Waals surface area contributed by atoms with Crippen LogP contribution in [-0.4, -0.2) is 22.8 Å². The van der Waals surface area contributed by atoms with Gasteiger partial charge < -0.3 is 10.4 Å². The zero-order valence-corrected chi connectivity index (χ0v) is 14.8. The number of carbonyl (C=O) groups excluding carboxylic acids is 2. The number of fused-ring (bicyclic) bond motifs is 2. The number of hydrogen-bond acceptors (Lipinski definition) is 3. The van der Waals surface area contributed by atoms with E-state index >= 15 is 0 Å². The van der Waals surface area contributed by atoms with Crippen molar-refractivity contribution in [1.82, 2.24) is 0 Å². The third-order valence-corrected chi connectivity index (χ3v) is 5.97. The third-order valence-electron chi connectivity index (χ3n) is 5.97. The molecule has 5 nitrogen and oxygen atoms in total. The predicted octanol–water partition coefficient (Wildman–Crippen LogP) is 3.60. The lowest BCUT2D eigenvalue weighted by atomic mass is 9.78. The Bertz CT molecular complexity index is 892. The van der Waals surface area contributed by atoms with Gasteiger partial charge in [0.1, 0.15) is 0 Å². The Morgan fingerprint density at radius 3 is 2.19 bits per heavy atom. The van der Waals surface area contributed by atoms with Crippen LogP contribution in [0.1, 0.15) is 35.2 Å². The van der Waals surface area contributed by atoms with Crippen LogP contribution in [0.15, 0.2) is 54.6 Å². The van der Waals surface area contributed by atoms with Gasteiger partial charge in [-0.1, -0.05) is 42.5 Å². The number of anilines is 1. The van der Waals surface area contributed by atoms with E-state index < -0.39 is 17.8 Å². The number of aliphatic carboxylic acids is 1. The predicted molar refractivity (Wildman–Crippen MR) is 100 cm³/mol. The zero-order valence-electron chi connectivity index (χ0n) is 14.8. The number of benzene rings is 2. The first-order valence-electron chi connectivity index (χ1n) is 9.28.